The number of allylic oxidation sites excluding steroid dienone is 7. The molecule has 7 unspecified atom stereocenters. The van der Waals surface area contributed by atoms with Gasteiger partial charge in [-0.15, -0.1) is 0 Å². The predicted octanol–water partition coefficient (Wildman–Crippen LogP) is 11.7. The number of ether oxygens (including phenoxy) is 3. The minimum absolute atomic E-state index is 0.0500. The Morgan fingerprint density at radius 1 is 0.552 bits per heavy atom. The van der Waals surface area contributed by atoms with Crippen LogP contribution in [-0.2, 0) is 23.8 Å². The molecule has 67 heavy (non-hydrogen) atoms. The van der Waals surface area contributed by atoms with Crippen molar-refractivity contribution < 1.29 is 49.3 Å². The first kappa shape index (κ1) is 62.6. The molecular weight excluding hydrogens is 847 g/mol. The molecule has 11 heteroatoms. The standard InChI is InChI=1S/C56H101NO10/c1-3-5-7-9-11-13-15-17-19-22-26-30-34-38-42-49(59)48(47-66-56-55(64)54(63)53(62)50(46-58)67-56)57-51(60)43-39-35-31-27-23-20-18-21-25-29-33-37-41-45-65-52(61)44-40-36-32-28-24-16-14-12-10-8-6-4-2/h12,14,20,23,31,35,38,42,48-50,53-56,58-59,62-64H,3-11,13,15-19,21-22,24-30,32-34,36-37,39-41,43-47H2,1-2H3,(H,57,60)/b14-12-,23-20-,35-31-,42-38+. The van der Waals surface area contributed by atoms with Crippen LogP contribution in [0.15, 0.2) is 48.6 Å². The van der Waals surface area contributed by atoms with Crippen LogP contribution in [0.3, 0.4) is 0 Å². The maximum absolute atomic E-state index is 13.0. The van der Waals surface area contributed by atoms with E-state index in [4.69, 9.17) is 14.2 Å². The van der Waals surface area contributed by atoms with E-state index in [1.54, 1.807) is 6.08 Å². The number of aliphatic hydroxyl groups excluding tert-OH is 5. The lowest BCUT2D eigenvalue weighted by Gasteiger charge is -2.40. The van der Waals surface area contributed by atoms with Gasteiger partial charge < -0.3 is 45.1 Å². The SMILES string of the molecule is CCCCC/C=C\CCCCCCCC(=O)OCCCCCCCC/C=C\C/C=C\CCC(=O)NC(COC1OC(CO)C(O)C(O)C1O)C(O)/C=C/CCCCCCCCCCCCCC. The fourth-order valence-electron chi connectivity index (χ4n) is 8.24. The number of carbonyl (C=O) groups excluding carboxylic acids is 2. The first-order chi connectivity index (χ1) is 32.7. The van der Waals surface area contributed by atoms with E-state index >= 15 is 0 Å². The summed E-state index contributed by atoms with van der Waals surface area (Å²) >= 11 is 0. The molecule has 7 atom stereocenters. The summed E-state index contributed by atoms with van der Waals surface area (Å²) in [5.41, 5.74) is 0. The summed E-state index contributed by atoms with van der Waals surface area (Å²) < 4.78 is 16.6. The van der Waals surface area contributed by atoms with Crippen molar-refractivity contribution in [2.24, 2.45) is 0 Å². The van der Waals surface area contributed by atoms with Crippen molar-refractivity contribution in [2.75, 3.05) is 19.8 Å². The van der Waals surface area contributed by atoms with Crippen molar-refractivity contribution in [3.05, 3.63) is 48.6 Å². The van der Waals surface area contributed by atoms with Gasteiger partial charge in [-0.2, -0.15) is 0 Å². The molecule has 0 radical (unpaired) electrons. The highest BCUT2D eigenvalue weighted by Gasteiger charge is 2.44. The maximum atomic E-state index is 13.0. The van der Waals surface area contributed by atoms with Crippen molar-refractivity contribution in [3.8, 4) is 0 Å². The molecule has 1 rings (SSSR count). The number of aliphatic hydroxyl groups is 5. The van der Waals surface area contributed by atoms with Crippen LogP contribution in [0.2, 0.25) is 0 Å². The smallest absolute Gasteiger partial charge is 0.305 e. The molecule has 1 aliphatic rings. The zero-order valence-electron chi connectivity index (χ0n) is 42.6. The highest BCUT2D eigenvalue weighted by Crippen LogP contribution is 2.23. The normalized spacial score (nSPS) is 19.9. The lowest BCUT2D eigenvalue weighted by molar-refractivity contribution is -0.302. The number of hydrogen-bond donors (Lipinski definition) is 6. The van der Waals surface area contributed by atoms with Crippen molar-refractivity contribution in [1.82, 2.24) is 5.32 Å². The first-order valence-corrected chi connectivity index (χ1v) is 27.4. The summed E-state index contributed by atoms with van der Waals surface area (Å²) in [5.74, 6) is -0.313. The van der Waals surface area contributed by atoms with E-state index in [9.17, 15) is 35.1 Å². The summed E-state index contributed by atoms with van der Waals surface area (Å²) in [7, 11) is 0. The Morgan fingerprint density at radius 2 is 1.01 bits per heavy atom. The van der Waals surface area contributed by atoms with Gasteiger partial charge in [0.1, 0.15) is 24.4 Å². The summed E-state index contributed by atoms with van der Waals surface area (Å²) in [6.07, 6.45) is 46.2. The lowest BCUT2D eigenvalue weighted by Crippen LogP contribution is -2.60. The molecule has 6 N–H and O–H groups in total. The van der Waals surface area contributed by atoms with Crippen molar-refractivity contribution in [1.29, 1.82) is 0 Å². The topological polar surface area (TPSA) is 175 Å². The number of unbranched alkanes of at least 4 members (excludes halogenated alkanes) is 26. The van der Waals surface area contributed by atoms with Gasteiger partial charge >= 0.3 is 5.97 Å². The molecule has 390 valence electrons. The monoisotopic (exact) mass is 948 g/mol. The Hall–Kier alpha value is -2.38. The van der Waals surface area contributed by atoms with E-state index in [0.29, 0.717) is 19.4 Å². The molecule has 0 aromatic heterocycles. The molecule has 0 spiro atoms. The lowest BCUT2D eigenvalue weighted by atomic mass is 9.99. The van der Waals surface area contributed by atoms with Gasteiger partial charge in [-0.1, -0.05) is 191 Å². The third-order valence-electron chi connectivity index (χ3n) is 12.7. The Balaban J connectivity index is 2.24. The van der Waals surface area contributed by atoms with Gasteiger partial charge in [0.15, 0.2) is 6.29 Å². The Morgan fingerprint density at radius 3 is 1.58 bits per heavy atom. The molecular formula is C56H101NO10. The van der Waals surface area contributed by atoms with Gasteiger partial charge in [-0.05, 0) is 77.0 Å². The Kier molecular flexibility index (Phi) is 43.0. The van der Waals surface area contributed by atoms with Crippen LogP contribution < -0.4 is 5.32 Å². The summed E-state index contributed by atoms with van der Waals surface area (Å²) in [6, 6.07) is -0.855. The number of amides is 1. The Bertz CT molecular complexity index is 1250. The highest BCUT2D eigenvalue weighted by atomic mass is 16.7. The number of hydrogen-bond acceptors (Lipinski definition) is 10. The zero-order valence-corrected chi connectivity index (χ0v) is 42.6. The largest absolute Gasteiger partial charge is 0.466 e. The Labute approximate surface area is 408 Å². The van der Waals surface area contributed by atoms with Gasteiger partial charge in [-0.3, -0.25) is 9.59 Å². The fourth-order valence-corrected chi connectivity index (χ4v) is 8.24. The van der Waals surface area contributed by atoms with Crippen molar-refractivity contribution in [2.45, 2.75) is 275 Å². The van der Waals surface area contributed by atoms with Crippen LogP contribution in [0, 0.1) is 0 Å². The fraction of sp³-hybridized carbons (Fsp3) is 0.821. The molecule has 0 aromatic rings. The van der Waals surface area contributed by atoms with Crippen LogP contribution in [-0.4, -0.2) is 100 Å². The number of rotatable bonds is 46. The van der Waals surface area contributed by atoms with E-state index < -0.39 is 49.5 Å². The van der Waals surface area contributed by atoms with Gasteiger partial charge in [0.2, 0.25) is 5.91 Å². The van der Waals surface area contributed by atoms with Crippen LogP contribution >= 0.6 is 0 Å². The molecule has 0 aromatic carbocycles. The number of esters is 1. The van der Waals surface area contributed by atoms with Gasteiger partial charge in [0, 0.05) is 12.8 Å². The molecule has 0 saturated carbocycles. The third kappa shape index (κ3) is 36.3. The van der Waals surface area contributed by atoms with Gasteiger partial charge in [0.05, 0.1) is 32.0 Å². The van der Waals surface area contributed by atoms with E-state index in [2.05, 4.69) is 43.5 Å². The van der Waals surface area contributed by atoms with Gasteiger partial charge in [0.25, 0.3) is 0 Å². The highest BCUT2D eigenvalue weighted by molar-refractivity contribution is 5.76. The molecule has 1 saturated heterocycles. The average Bonchev–Trinajstić information content (AvgIpc) is 3.32. The summed E-state index contributed by atoms with van der Waals surface area (Å²) in [6.45, 7) is 4.21. The third-order valence-corrected chi connectivity index (χ3v) is 12.7. The molecule has 11 nitrogen and oxygen atoms in total. The van der Waals surface area contributed by atoms with Crippen LogP contribution in [0.1, 0.15) is 232 Å². The second kappa shape index (κ2) is 46.0. The van der Waals surface area contributed by atoms with E-state index in [-0.39, 0.29) is 24.9 Å². The molecule has 0 aliphatic carbocycles. The van der Waals surface area contributed by atoms with Crippen LogP contribution in [0.25, 0.3) is 0 Å². The molecule has 1 heterocycles. The summed E-state index contributed by atoms with van der Waals surface area (Å²) in [4.78, 5) is 25.0. The molecule has 1 amide bonds. The minimum atomic E-state index is -1.59. The molecule has 0 bridgehead atoms. The second-order valence-electron chi connectivity index (χ2n) is 18.9. The van der Waals surface area contributed by atoms with Crippen molar-refractivity contribution >= 4 is 11.9 Å². The molecule has 1 aliphatic heterocycles. The van der Waals surface area contributed by atoms with Crippen molar-refractivity contribution in [3.63, 3.8) is 0 Å². The number of nitrogens with one attached hydrogen (secondary N) is 1. The second-order valence-corrected chi connectivity index (χ2v) is 18.9. The van der Waals surface area contributed by atoms with E-state index in [1.165, 1.54) is 128 Å². The van der Waals surface area contributed by atoms with E-state index in [1.807, 2.05) is 18.2 Å². The van der Waals surface area contributed by atoms with Crippen LogP contribution in [0.4, 0.5) is 0 Å². The van der Waals surface area contributed by atoms with E-state index in [0.717, 1.165) is 70.6 Å². The first-order valence-electron chi connectivity index (χ1n) is 27.4. The molecule has 1 fully saturated rings. The minimum Gasteiger partial charge on any atom is -0.466 e. The average molecular weight is 948 g/mol. The van der Waals surface area contributed by atoms with Crippen LogP contribution in [0.5, 0.6) is 0 Å². The zero-order chi connectivity index (χ0) is 48.8. The predicted molar refractivity (Wildman–Crippen MR) is 274 cm³/mol. The number of carbonyl (C=O) groups is 2. The quantitative estimate of drug-likeness (QED) is 0.0196. The summed E-state index contributed by atoms with van der Waals surface area (Å²) in [5, 5.41) is 54.2. The van der Waals surface area contributed by atoms with Gasteiger partial charge in [-0.25, -0.2) is 0 Å². The maximum Gasteiger partial charge on any atom is 0.305 e.